The van der Waals surface area contributed by atoms with Gasteiger partial charge >= 0.3 is 0 Å². The number of carbonyl (C=O) groups is 1. The van der Waals surface area contributed by atoms with E-state index in [2.05, 4.69) is 15.0 Å². The Morgan fingerprint density at radius 1 is 1.22 bits per heavy atom. The summed E-state index contributed by atoms with van der Waals surface area (Å²) in [5.41, 5.74) is 2.04. The molecule has 3 rings (SSSR count). The van der Waals surface area contributed by atoms with E-state index in [1.54, 1.807) is 6.20 Å². The largest absolute Gasteiger partial charge is 0.342 e. The number of hydrogen-bond donors (Lipinski definition) is 1. The maximum absolute atomic E-state index is 11.2. The van der Waals surface area contributed by atoms with Crippen molar-refractivity contribution in [3.63, 3.8) is 0 Å². The summed E-state index contributed by atoms with van der Waals surface area (Å²) in [4.78, 5) is 23.1. The van der Waals surface area contributed by atoms with Crippen LogP contribution in [0.1, 0.15) is 37.4 Å². The Bertz CT molecular complexity index is 537. The van der Waals surface area contributed by atoms with Crippen molar-refractivity contribution < 1.29 is 4.79 Å². The lowest BCUT2D eigenvalue weighted by molar-refractivity contribution is -0.120. The van der Waals surface area contributed by atoms with Crippen LogP contribution in [0, 0.1) is 0 Å². The second kappa shape index (κ2) is 4.72. The molecule has 0 aliphatic heterocycles. The number of aromatic amines is 1. The van der Waals surface area contributed by atoms with Crippen LogP contribution in [0.15, 0.2) is 30.7 Å². The summed E-state index contributed by atoms with van der Waals surface area (Å²) in [7, 11) is 0. The van der Waals surface area contributed by atoms with Gasteiger partial charge in [0.15, 0.2) is 0 Å². The van der Waals surface area contributed by atoms with Crippen LogP contribution in [-0.2, 0) is 4.79 Å². The Kier molecular flexibility index (Phi) is 2.92. The van der Waals surface area contributed by atoms with Gasteiger partial charge in [0.1, 0.15) is 11.6 Å². The predicted molar refractivity (Wildman–Crippen MR) is 68.0 cm³/mol. The molecule has 1 aliphatic carbocycles. The van der Waals surface area contributed by atoms with Crippen LogP contribution in [0.4, 0.5) is 0 Å². The minimum atomic E-state index is 0.380. The van der Waals surface area contributed by atoms with E-state index in [9.17, 15) is 4.79 Å². The number of imidazole rings is 1. The molecule has 0 amide bonds. The van der Waals surface area contributed by atoms with Gasteiger partial charge in [0.25, 0.3) is 0 Å². The molecule has 2 heterocycles. The molecule has 0 saturated heterocycles. The highest BCUT2D eigenvalue weighted by Crippen LogP contribution is 2.30. The zero-order chi connectivity index (χ0) is 12.4. The number of ketones is 1. The zero-order valence-corrected chi connectivity index (χ0v) is 10.1. The van der Waals surface area contributed by atoms with Gasteiger partial charge in [-0.05, 0) is 25.0 Å². The molecule has 92 valence electrons. The van der Waals surface area contributed by atoms with Gasteiger partial charge in [-0.3, -0.25) is 9.78 Å². The lowest BCUT2D eigenvalue weighted by atomic mass is 9.88. The van der Waals surface area contributed by atoms with Crippen LogP contribution in [0.2, 0.25) is 0 Å². The molecule has 18 heavy (non-hydrogen) atoms. The Balaban J connectivity index is 1.80. The third kappa shape index (κ3) is 2.18. The lowest BCUT2D eigenvalue weighted by Gasteiger charge is -2.18. The summed E-state index contributed by atoms with van der Waals surface area (Å²) in [6.45, 7) is 0. The second-order valence-electron chi connectivity index (χ2n) is 4.74. The average molecular weight is 241 g/mol. The van der Waals surface area contributed by atoms with E-state index in [-0.39, 0.29) is 0 Å². The van der Waals surface area contributed by atoms with E-state index in [0.717, 1.165) is 29.9 Å². The smallest absolute Gasteiger partial charge is 0.132 e. The molecular formula is C14H15N3O. The van der Waals surface area contributed by atoms with Crippen molar-refractivity contribution in [2.45, 2.75) is 31.6 Å². The highest BCUT2D eigenvalue weighted by Gasteiger charge is 2.22. The summed E-state index contributed by atoms with van der Waals surface area (Å²) >= 11 is 0. The van der Waals surface area contributed by atoms with E-state index in [4.69, 9.17) is 0 Å². The summed E-state index contributed by atoms with van der Waals surface area (Å²) in [5, 5.41) is 0. The fourth-order valence-corrected chi connectivity index (χ4v) is 2.43. The minimum absolute atomic E-state index is 0.380. The molecule has 0 aromatic carbocycles. The molecule has 2 aromatic heterocycles. The van der Waals surface area contributed by atoms with E-state index in [0.29, 0.717) is 24.5 Å². The normalized spacial score (nSPS) is 17.0. The fourth-order valence-electron chi connectivity index (χ4n) is 2.43. The number of H-pyrrole nitrogens is 1. The molecule has 4 nitrogen and oxygen atoms in total. The van der Waals surface area contributed by atoms with Gasteiger partial charge in [0.05, 0.1) is 11.9 Å². The second-order valence-corrected chi connectivity index (χ2v) is 4.74. The van der Waals surface area contributed by atoms with Crippen LogP contribution in [0.25, 0.3) is 11.3 Å². The van der Waals surface area contributed by atoms with Crippen LogP contribution >= 0.6 is 0 Å². The first-order valence-corrected chi connectivity index (χ1v) is 6.30. The molecule has 0 atom stereocenters. The molecule has 2 aromatic rings. The van der Waals surface area contributed by atoms with Crippen molar-refractivity contribution in [2.24, 2.45) is 0 Å². The summed E-state index contributed by atoms with van der Waals surface area (Å²) < 4.78 is 0. The highest BCUT2D eigenvalue weighted by molar-refractivity contribution is 5.79. The molecular weight excluding hydrogens is 226 g/mol. The van der Waals surface area contributed by atoms with Gasteiger partial charge < -0.3 is 4.98 Å². The standard InChI is InChI=1S/C14H15N3O/c18-12-5-3-10(4-6-12)14-16-9-13(17-14)11-2-1-7-15-8-11/h1-2,7-10H,3-6H2,(H,16,17). The summed E-state index contributed by atoms with van der Waals surface area (Å²) in [6, 6.07) is 3.92. The molecule has 1 N–H and O–H groups in total. The van der Waals surface area contributed by atoms with Crippen molar-refractivity contribution >= 4 is 5.78 Å². The van der Waals surface area contributed by atoms with Crippen molar-refractivity contribution in [3.8, 4) is 11.3 Å². The third-order valence-corrected chi connectivity index (χ3v) is 3.50. The average Bonchev–Trinajstić information content (AvgIpc) is 2.90. The number of aromatic nitrogens is 3. The van der Waals surface area contributed by atoms with Gasteiger partial charge in [-0.2, -0.15) is 0 Å². The van der Waals surface area contributed by atoms with Crippen molar-refractivity contribution in [1.29, 1.82) is 0 Å². The molecule has 0 bridgehead atoms. The van der Waals surface area contributed by atoms with Crippen LogP contribution < -0.4 is 0 Å². The first-order chi connectivity index (χ1) is 8.83. The van der Waals surface area contributed by atoms with Gasteiger partial charge in [-0.15, -0.1) is 0 Å². The van der Waals surface area contributed by atoms with E-state index >= 15 is 0 Å². The van der Waals surface area contributed by atoms with Gasteiger partial charge in [0, 0.05) is 36.7 Å². The lowest BCUT2D eigenvalue weighted by Crippen LogP contribution is -2.13. The Morgan fingerprint density at radius 2 is 2.06 bits per heavy atom. The molecule has 1 aliphatic rings. The number of nitrogens with one attached hydrogen (secondary N) is 1. The molecule has 1 fully saturated rings. The number of pyridine rings is 1. The topological polar surface area (TPSA) is 58.6 Å². The molecule has 4 heteroatoms. The van der Waals surface area contributed by atoms with Gasteiger partial charge in [-0.1, -0.05) is 0 Å². The maximum atomic E-state index is 11.2. The highest BCUT2D eigenvalue weighted by atomic mass is 16.1. The molecule has 0 spiro atoms. The minimum Gasteiger partial charge on any atom is -0.342 e. The Morgan fingerprint density at radius 3 is 2.78 bits per heavy atom. The Hall–Kier alpha value is -1.97. The predicted octanol–water partition coefficient (Wildman–Crippen LogP) is 2.70. The van der Waals surface area contributed by atoms with E-state index in [1.807, 2.05) is 24.5 Å². The zero-order valence-electron chi connectivity index (χ0n) is 10.1. The quantitative estimate of drug-likeness (QED) is 0.879. The third-order valence-electron chi connectivity index (χ3n) is 3.50. The van der Waals surface area contributed by atoms with Gasteiger partial charge in [-0.25, -0.2) is 4.98 Å². The first-order valence-electron chi connectivity index (χ1n) is 6.30. The molecule has 0 radical (unpaired) electrons. The van der Waals surface area contributed by atoms with Crippen molar-refractivity contribution in [1.82, 2.24) is 15.0 Å². The number of carbonyl (C=O) groups excluding carboxylic acids is 1. The van der Waals surface area contributed by atoms with Crippen LogP contribution in [0.5, 0.6) is 0 Å². The number of nitrogens with zero attached hydrogens (tertiary/aromatic N) is 2. The summed E-state index contributed by atoms with van der Waals surface area (Å²) in [6.07, 6.45) is 8.64. The summed E-state index contributed by atoms with van der Waals surface area (Å²) in [5.74, 6) is 1.78. The van der Waals surface area contributed by atoms with Gasteiger partial charge in [0.2, 0.25) is 0 Å². The first kappa shape index (κ1) is 11.1. The van der Waals surface area contributed by atoms with Crippen molar-refractivity contribution in [3.05, 3.63) is 36.5 Å². The molecule has 1 saturated carbocycles. The number of Topliss-reactive ketones (excluding diaryl/α,β-unsaturated/α-hetero) is 1. The monoisotopic (exact) mass is 241 g/mol. The number of hydrogen-bond acceptors (Lipinski definition) is 3. The van der Waals surface area contributed by atoms with Crippen LogP contribution in [-0.4, -0.2) is 20.7 Å². The maximum Gasteiger partial charge on any atom is 0.132 e. The van der Waals surface area contributed by atoms with Crippen LogP contribution in [0.3, 0.4) is 0 Å². The van der Waals surface area contributed by atoms with Crippen molar-refractivity contribution in [2.75, 3.05) is 0 Å². The fraction of sp³-hybridized carbons (Fsp3) is 0.357. The van der Waals surface area contributed by atoms with E-state index < -0.39 is 0 Å². The SMILES string of the molecule is O=C1CCC(c2ncc(-c3cccnc3)[nH]2)CC1. The number of rotatable bonds is 2. The Labute approximate surface area is 105 Å². The van der Waals surface area contributed by atoms with E-state index in [1.165, 1.54) is 0 Å². The molecule has 0 unspecified atom stereocenters.